The molecule has 1 atom stereocenters. The van der Waals surface area contributed by atoms with Crippen LogP contribution in [0.5, 0.6) is 0 Å². The molecule has 1 rings (SSSR count). The van der Waals surface area contributed by atoms with Gasteiger partial charge in [-0.2, -0.15) is 5.26 Å². The van der Waals surface area contributed by atoms with Crippen molar-refractivity contribution in [3.05, 3.63) is 29.8 Å². The van der Waals surface area contributed by atoms with E-state index in [2.05, 4.69) is 16.7 Å². The third-order valence-corrected chi connectivity index (χ3v) is 2.08. The molecule has 0 spiro atoms. The summed E-state index contributed by atoms with van der Waals surface area (Å²) in [5.74, 6) is -0.0332. The molecule has 84 valence electrons. The number of anilines is 1. The van der Waals surface area contributed by atoms with E-state index in [0.717, 1.165) is 5.69 Å². The van der Waals surface area contributed by atoms with Crippen molar-refractivity contribution < 1.29 is 4.79 Å². The summed E-state index contributed by atoms with van der Waals surface area (Å²) in [5.41, 5.74) is 1.58. The van der Waals surface area contributed by atoms with Gasteiger partial charge in [-0.15, -0.1) is 0 Å². The van der Waals surface area contributed by atoms with Crippen LogP contribution in [0.1, 0.15) is 19.4 Å². The van der Waals surface area contributed by atoms with Crippen LogP contribution < -0.4 is 10.6 Å². The molecule has 0 heterocycles. The lowest BCUT2D eigenvalue weighted by Crippen LogP contribution is -2.35. The Morgan fingerprint density at radius 1 is 1.44 bits per heavy atom. The van der Waals surface area contributed by atoms with Gasteiger partial charge in [-0.25, -0.2) is 0 Å². The summed E-state index contributed by atoms with van der Waals surface area (Å²) < 4.78 is 0. The van der Waals surface area contributed by atoms with Gasteiger partial charge in [-0.1, -0.05) is 0 Å². The smallest absolute Gasteiger partial charge is 0.217 e. The van der Waals surface area contributed by atoms with Crippen LogP contribution in [0.25, 0.3) is 0 Å². The number of hydrogen-bond acceptors (Lipinski definition) is 3. The van der Waals surface area contributed by atoms with Gasteiger partial charge in [0.25, 0.3) is 0 Å². The summed E-state index contributed by atoms with van der Waals surface area (Å²) >= 11 is 0. The van der Waals surface area contributed by atoms with Crippen LogP contribution in [0.4, 0.5) is 5.69 Å². The lowest BCUT2D eigenvalue weighted by atomic mass is 10.2. The molecule has 16 heavy (non-hydrogen) atoms. The second-order valence-corrected chi connectivity index (χ2v) is 3.67. The van der Waals surface area contributed by atoms with E-state index in [0.29, 0.717) is 12.1 Å². The van der Waals surface area contributed by atoms with Crippen molar-refractivity contribution in [1.82, 2.24) is 5.32 Å². The normalized spacial score (nSPS) is 11.3. The van der Waals surface area contributed by atoms with Crippen LogP contribution in [0.2, 0.25) is 0 Å². The fourth-order valence-corrected chi connectivity index (χ4v) is 1.33. The average Bonchev–Trinajstić information content (AvgIpc) is 2.26. The van der Waals surface area contributed by atoms with Gasteiger partial charge >= 0.3 is 0 Å². The van der Waals surface area contributed by atoms with Gasteiger partial charge in [0.2, 0.25) is 5.91 Å². The minimum Gasteiger partial charge on any atom is -0.383 e. The fourth-order valence-electron chi connectivity index (χ4n) is 1.33. The lowest BCUT2D eigenvalue weighted by molar-refractivity contribution is -0.119. The molecule has 0 bridgehead atoms. The Bertz CT molecular complexity index is 392. The van der Waals surface area contributed by atoms with E-state index >= 15 is 0 Å². The SMILES string of the molecule is CC(=O)NC(C)CNc1ccc(C#N)cc1. The van der Waals surface area contributed by atoms with Gasteiger partial charge in [0, 0.05) is 25.2 Å². The van der Waals surface area contributed by atoms with Gasteiger partial charge in [-0.05, 0) is 31.2 Å². The molecule has 0 saturated carbocycles. The second kappa shape index (κ2) is 5.76. The van der Waals surface area contributed by atoms with E-state index in [1.54, 1.807) is 12.1 Å². The van der Waals surface area contributed by atoms with E-state index < -0.39 is 0 Å². The molecule has 0 aliphatic carbocycles. The predicted molar refractivity (Wildman–Crippen MR) is 62.9 cm³/mol. The number of carbonyl (C=O) groups is 1. The Morgan fingerprint density at radius 2 is 2.06 bits per heavy atom. The Morgan fingerprint density at radius 3 is 2.56 bits per heavy atom. The van der Waals surface area contributed by atoms with Gasteiger partial charge in [0.1, 0.15) is 0 Å². The standard InChI is InChI=1S/C12H15N3O/c1-9(15-10(2)16)8-14-12-5-3-11(7-13)4-6-12/h3-6,9,14H,8H2,1-2H3,(H,15,16). The number of amides is 1. The van der Waals surface area contributed by atoms with E-state index in [-0.39, 0.29) is 11.9 Å². The van der Waals surface area contributed by atoms with E-state index in [1.165, 1.54) is 6.92 Å². The van der Waals surface area contributed by atoms with Crippen LogP contribution in [-0.2, 0) is 4.79 Å². The summed E-state index contributed by atoms with van der Waals surface area (Å²) in [6.07, 6.45) is 0. The molecule has 0 fully saturated rings. The molecular weight excluding hydrogens is 202 g/mol. The van der Waals surface area contributed by atoms with Crippen LogP contribution in [-0.4, -0.2) is 18.5 Å². The highest BCUT2D eigenvalue weighted by Gasteiger charge is 2.02. The minimum atomic E-state index is -0.0332. The topological polar surface area (TPSA) is 64.9 Å². The predicted octanol–water partition coefficient (Wildman–Crippen LogP) is 1.49. The maximum atomic E-state index is 10.8. The molecule has 2 N–H and O–H groups in total. The highest BCUT2D eigenvalue weighted by molar-refractivity contribution is 5.73. The average molecular weight is 217 g/mol. The first-order valence-electron chi connectivity index (χ1n) is 5.13. The van der Waals surface area contributed by atoms with Crippen molar-refractivity contribution >= 4 is 11.6 Å². The summed E-state index contributed by atoms with van der Waals surface area (Å²) in [6.45, 7) is 4.09. The van der Waals surface area contributed by atoms with Crippen LogP contribution in [0.15, 0.2) is 24.3 Å². The van der Waals surface area contributed by atoms with E-state index in [4.69, 9.17) is 5.26 Å². The molecule has 1 unspecified atom stereocenters. The first-order valence-corrected chi connectivity index (χ1v) is 5.13. The molecule has 0 radical (unpaired) electrons. The molecule has 4 nitrogen and oxygen atoms in total. The molecule has 1 aromatic carbocycles. The first kappa shape index (κ1) is 12.1. The van der Waals surface area contributed by atoms with Gasteiger partial charge < -0.3 is 10.6 Å². The molecule has 0 saturated heterocycles. The third-order valence-electron chi connectivity index (χ3n) is 2.08. The first-order chi connectivity index (χ1) is 7.61. The zero-order valence-electron chi connectivity index (χ0n) is 9.45. The van der Waals surface area contributed by atoms with Gasteiger partial charge in [0.05, 0.1) is 11.6 Å². The molecular formula is C12H15N3O. The quantitative estimate of drug-likeness (QED) is 0.803. The molecule has 0 aliphatic heterocycles. The highest BCUT2D eigenvalue weighted by Crippen LogP contribution is 2.08. The number of hydrogen-bond donors (Lipinski definition) is 2. The fraction of sp³-hybridized carbons (Fsp3) is 0.333. The maximum Gasteiger partial charge on any atom is 0.217 e. The molecule has 0 aromatic heterocycles. The monoisotopic (exact) mass is 217 g/mol. The van der Waals surface area contributed by atoms with Crippen molar-refractivity contribution in [3.8, 4) is 6.07 Å². The van der Waals surface area contributed by atoms with Crippen molar-refractivity contribution in [2.75, 3.05) is 11.9 Å². The van der Waals surface area contributed by atoms with Crippen molar-refractivity contribution in [2.45, 2.75) is 19.9 Å². The third kappa shape index (κ3) is 4.01. The van der Waals surface area contributed by atoms with Gasteiger partial charge in [0.15, 0.2) is 0 Å². The Balaban J connectivity index is 2.43. The number of rotatable bonds is 4. The van der Waals surface area contributed by atoms with Crippen LogP contribution in [0.3, 0.4) is 0 Å². The molecule has 0 aliphatic rings. The minimum absolute atomic E-state index is 0.0332. The molecule has 1 amide bonds. The Kier molecular flexibility index (Phi) is 4.34. The van der Waals surface area contributed by atoms with Crippen molar-refractivity contribution in [1.29, 1.82) is 5.26 Å². The highest BCUT2D eigenvalue weighted by atomic mass is 16.1. The lowest BCUT2D eigenvalue weighted by Gasteiger charge is -2.14. The van der Waals surface area contributed by atoms with Crippen molar-refractivity contribution in [2.24, 2.45) is 0 Å². The summed E-state index contributed by atoms with van der Waals surface area (Å²) in [6, 6.07) is 9.34. The summed E-state index contributed by atoms with van der Waals surface area (Å²) in [7, 11) is 0. The maximum absolute atomic E-state index is 10.8. The summed E-state index contributed by atoms with van der Waals surface area (Å²) in [5, 5.41) is 14.6. The zero-order valence-corrected chi connectivity index (χ0v) is 9.45. The Hall–Kier alpha value is -2.02. The number of nitriles is 1. The van der Waals surface area contributed by atoms with E-state index in [9.17, 15) is 4.79 Å². The summed E-state index contributed by atoms with van der Waals surface area (Å²) in [4.78, 5) is 10.8. The van der Waals surface area contributed by atoms with E-state index in [1.807, 2.05) is 19.1 Å². The molecule has 1 aromatic rings. The zero-order chi connectivity index (χ0) is 12.0. The van der Waals surface area contributed by atoms with Crippen LogP contribution in [0, 0.1) is 11.3 Å². The number of carbonyl (C=O) groups excluding carboxylic acids is 1. The largest absolute Gasteiger partial charge is 0.383 e. The number of nitrogens with zero attached hydrogens (tertiary/aromatic N) is 1. The number of benzene rings is 1. The van der Waals surface area contributed by atoms with Gasteiger partial charge in [-0.3, -0.25) is 4.79 Å². The molecule has 4 heteroatoms. The van der Waals surface area contributed by atoms with Crippen LogP contribution >= 0.6 is 0 Å². The Labute approximate surface area is 95.3 Å². The van der Waals surface area contributed by atoms with Crippen molar-refractivity contribution in [3.63, 3.8) is 0 Å². The number of nitrogens with one attached hydrogen (secondary N) is 2. The second-order valence-electron chi connectivity index (χ2n) is 3.67.